The quantitative estimate of drug-likeness (QED) is 0.515. The summed E-state index contributed by atoms with van der Waals surface area (Å²) in [5.74, 6) is -6.42. The van der Waals surface area contributed by atoms with E-state index in [9.17, 15) is 52.7 Å². The second-order valence-corrected chi connectivity index (χ2v) is 3.16. The van der Waals surface area contributed by atoms with E-state index in [1.807, 2.05) is 0 Å². The summed E-state index contributed by atoms with van der Waals surface area (Å²) >= 11 is 0. The van der Waals surface area contributed by atoms with E-state index in [2.05, 4.69) is 4.74 Å². The summed E-state index contributed by atoms with van der Waals surface area (Å²) in [5.41, 5.74) is 0. The Morgan fingerprint density at radius 3 is 1.00 bits per heavy atom. The molecule has 0 rings (SSSR count). The molecule has 0 heterocycles. The van der Waals surface area contributed by atoms with Crippen LogP contribution < -0.4 is 0 Å². The number of alkyl halides is 8. The van der Waals surface area contributed by atoms with Gasteiger partial charge in [-0.2, -0.15) is 43.9 Å². The Hall–Kier alpha value is -1.56. The maximum absolute atomic E-state index is 12.5. The molecule has 0 fully saturated rings. The first-order valence-corrected chi connectivity index (χ1v) is 4.39. The van der Waals surface area contributed by atoms with E-state index in [-0.39, 0.29) is 0 Å². The third-order valence-electron chi connectivity index (χ3n) is 1.63. The lowest BCUT2D eigenvalue weighted by Crippen LogP contribution is -2.32. The maximum Gasteiger partial charge on any atom is 0.427 e. The molecule has 0 amide bonds. The van der Waals surface area contributed by atoms with Gasteiger partial charge in [0.15, 0.2) is 0 Å². The van der Waals surface area contributed by atoms with E-state index in [0.717, 1.165) is 0 Å². The molecular weight excluding hydrogens is 340 g/mol. The number of ether oxygens (including phenoxy) is 1. The molecule has 0 radical (unpaired) electrons. The lowest BCUT2D eigenvalue weighted by molar-refractivity contribution is -0.190. The average molecular weight is 342 g/mol. The van der Waals surface area contributed by atoms with Crippen LogP contribution in [-0.4, -0.2) is 24.7 Å². The molecule has 1 nitrogen and oxygen atoms in total. The van der Waals surface area contributed by atoms with Crippen LogP contribution in [0.25, 0.3) is 0 Å². The monoisotopic (exact) mass is 342 g/mol. The fraction of sp³-hybridized carbons (Fsp3) is 0.500. The standard InChI is InChI=1S/C8H2F12O/c9-3(7(15,16)17)1(5(11)12)21-2(6(13)14)4(10)8(18,19)20/h3-4H. The fourth-order valence-electron chi connectivity index (χ4n) is 0.788. The van der Waals surface area contributed by atoms with E-state index in [4.69, 9.17) is 0 Å². The van der Waals surface area contributed by atoms with Gasteiger partial charge in [0.2, 0.25) is 11.5 Å². The number of allylic oxidation sites excluding steroid dienone is 2. The van der Waals surface area contributed by atoms with Crippen molar-refractivity contribution in [1.29, 1.82) is 0 Å². The van der Waals surface area contributed by atoms with Crippen LogP contribution in [0.2, 0.25) is 0 Å². The third kappa shape index (κ3) is 5.38. The van der Waals surface area contributed by atoms with Gasteiger partial charge >= 0.3 is 24.5 Å². The summed E-state index contributed by atoms with van der Waals surface area (Å²) in [5, 5.41) is 0. The summed E-state index contributed by atoms with van der Waals surface area (Å²) in [6.07, 6.45) is -29.0. The van der Waals surface area contributed by atoms with Crippen molar-refractivity contribution < 1.29 is 57.4 Å². The highest BCUT2D eigenvalue weighted by atomic mass is 19.4. The van der Waals surface area contributed by atoms with Crippen LogP contribution in [0.15, 0.2) is 23.7 Å². The topological polar surface area (TPSA) is 9.23 Å². The molecule has 0 saturated heterocycles. The number of halogens is 12. The molecule has 0 aliphatic rings. The van der Waals surface area contributed by atoms with Gasteiger partial charge < -0.3 is 4.74 Å². The van der Waals surface area contributed by atoms with Gasteiger partial charge in [-0.3, -0.25) is 0 Å². The highest BCUT2D eigenvalue weighted by molar-refractivity contribution is 5.13. The zero-order valence-corrected chi connectivity index (χ0v) is 9.10. The molecule has 2 atom stereocenters. The summed E-state index contributed by atoms with van der Waals surface area (Å²) in [4.78, 5) is 0. The molecule has 0 spiro atoms. The van der Waals surface area contributed by atoms with Crippen LogP contribution in [-0.2, 0) is 4.74 Å². The van der Waals surface area contributed by atoms with Gasteiger partial charge in [0, 0.05) is 0 Å². The Bertz CT molecular complexity index is 382. The first kappa shape index (κ1) is 19.4. The Morgan fingerprint density at radius 1 is 0.619 bits per heavy atom. The predicted molar refractivity (Wildman–Crippen MR) is 41.5 cm³/mol. The van der Waals surface area contributed by atoms with Gasteiger partial charge in [-0.15, -0.1) is 0 Å². The number of rotatable bonds is 4. The minimum atomic E-state index is -6.10. The second kappa shape index (κ2) is 6.47. The lowest BCUT2D eigenvalue weighted by atomic mass is 10.3. The van der Waals surface area contributed by atoms with Crippen molar-refractivity contribution in [3.8, 4) is 0 Å². The van der Waals surface area contributed by atoms with Crippen molar-refractivity contribution in [3.05, 3.63) is 23.7 Å². The molecule has 0 aromatic carbocycles. The fourth-order valence-corrected chi connectivity index (χ4v) is 0.788. The molecule has 0 aliphatic carbocycles. The van der Waals surface area contributed by atoms with Gasteiger partial charge in [0.1, 0.15) is 0 Å². The van der Waals surface area contributed by atoms with Crippen LogP contribution >= 0.6 is 0 Å². The molecule has 2 unspecified atom stereocenters. The van der Waals surface area contributed by atoms with Crippen LogP contribution in [0.1, 0.15) is 0 Å². The molecule has 21 heavy (non-hydrogen) atoms. The third-order valence-corrected chi connectivity index (χ3v) is 1.63. The summed E-state index contributed by atoms with van der Waals surface area (Å²) in [6.45, 7) is 0. The normalized spacial score (nSPS) is 15.2. The van der Waals surface area contributed by atoms with E-state index in [0.29, 0.717) is 0 Å². The lowest BCUT2D eigenvalue weighted by Gasteiger charge is -2.19. The largest absolute Gasteiger partial charge is 0.448 e. The Kier molecular flexibility index (Phi) is 5.99. The van der Waals surface area contributed by atoms with Crippen molar-refractivity contribution in [2.75, 3.05) is 0 Å². The van der Waals surface area contributed by atoms with Gasteiger partial charge in [0.05, 0.1) is 0 Å². The van der Waals surface area contributed by atoms with Crippen molar-refractivity contribution in [2.24, 2.45) is 0 Å². The van der Waals surface area contributed by atoms with Gasteiger partial charge in [-0.25, -0.2) is 8.78 Å². The Morgan fingerprint density at radius 2 is 0.857 bits per heavy atom. The van der Waals surface area contributed by atoms with E-state index < -0.39 is 48.4 Å². The van der Waals surface area contributed by atoms with Crippen molar-refractivity contribution >= 4 is 0 Å². The van der Waals surface area contributed by atoms with Gasteiger partial charge in [0.25, 0.3) is 12.3 Å². The Labute approximate surface area is 107 Å². The molecule has 0 aliphatic heterocycles. The maximum atomic E-state index is 12.5. The summed E-state index contributed by atoms with van der Waals surface area (Å²) < 4.78 is 147. The number of hydrogen-bond acceptors (Lipinski definition) is 1. The molecule has 124 valence electrons. The first-order chi connectivity index (χ1) is 9.19. The van der Waals surface area contributed by atoms with Gasteiger partial charge in [-0.1, -0.05) is 0 Å². The SMILES string of the molecule is FC(F)=C(OC(=C(F)F)C(F)C(F)(F)F)C(F)C(F)(F)F. The average Bonchev–Trinajstić information content (AvgIpc) is 2.25. The van der Waals surface area contributed by atoms with Crippen LogP contribution in [0.3, 0.4) is 0 Å². The highest BCUT2D eigenvalue weighted by Crippen LogP contribution is 2.37. The van der Waals surface area contributed by atoms with Crippen molar-refractivity contribution in [3.63, 3.8) is 0 Å². The van der Waals surface area contributed by atoms with Crippen molar-refractivity contribution in [2.45, 2.75) is 24.7 Å². The molecule has 0 aromatic heterocycles. The molecular formula is C8H2F12O. The van der Waals surface area contributed by atoms with Crippen LogP contribution in [0, 0.1) is 0 Å². The second-order valence-electron chi connectivity index (χ2n) is 3.16. The minimum absolute atomic E-state index is 2.82. The van der Waals surface area contributed by atoms with Gasteiger partial charge in [-0.05, 0) is 0 Å². The van der Waals surface area contributed by atoms with E-state index >= 15 is 0 Å². The zero-order chi connectivity index (χ0) is 17.2. The summed E-state index contributed by atoms with van der Waals surface area (Å²) in [6, 6.07) is 0. The van der Waals surface area contributed by atoms with Crippen molar-refractivity contribution in [1.82, 2.24) is 0 Å². The van der Waals surface area contributed by atoms with Crippen LogP contribution in [0.5, 0.6) is 0 Å². The molecule has 13 heteroatoms. The molecule has 0 bridgehead atoms. The molecule has 0 N–H and O–H groups in total. The number of hydrogen-bond donors (Lipinski definition) is 0. The first-order valence-electron chi connectivity index (χ1n) is 4.39. The highest BCUT2D eigenvalue weighted by Gasteiger charge is 2.50. The smallest absolute Gasteiger partial charge is 0.427 e. The molecule has 0 saturated carbocycles. The summed E-state index contributed by atoms with van der Waals surface area (Å²) in [7, 11) is 0. The minimum Gasteiger partial charge on any atom is -0.448 e. The zero-order valence-electron chi connectivity index (χ0n) is 9.10. The van der Waals surface area contributed by atoms with E-state index in [1.165, 1.54) is 0 Å². The predicted octanol–water partition coefficient (Wildman–Crippen LogP) is 5.02. The molecule has 0 aromatic rings. The van der Waals surface area contributed by atoms with E-state index in [1.54, 1.807) is 0 Å². The Balaban J connectivity index is 5.64. The van der Waals surface area contributed by atoms with Crippen LogP contribution in [0.4, 0.5) is 52.7 Å².